The zero-order valence-electron chi connectivity index (χ0n) is 12.6. The predicted molar refractivity (Wildman–Crippen MR) is 84.3 cm³/mol. The number of benzene rings is 1. The third-order valence-corrected chi connectivity index (χ3v) is 3.43. The Labute approximate surface area is 144 Å². The Hall–Kier alpha value is -2.81. The van der Waals surface area contributed by atoms with Gasteiger partial charge in [0, 0.05) is 5.56 Å². The number of aromatic hydroxyl groups is 1. The molecule has 1 N–H and O–H groups in total. The van der Waals surface area contributed by atoms with Crippen LogP contribution in [-0.4, -0.2) is 31.3 Å². The molecule has 0 aliphatic carbocycles. The van der Waals surface area contributed by atoms with Crippen molar-refractivity contribution in [2.24, 2.45) is 0 Å². The van der Waals surface area contributed by atoms with Gasteiger partial charge in [-0.15, -0.1) is 28.5 Å². The summed E-state index contributed by atoms with van der Waals surface area (Å²) in [5.41, 5.74) is 0.788. The van der Waals surface area contributed by atoms with Crippen LogP contribution in [0.3, 0.4) is 0 Å². The highest BCUT2D eigenvalue weighted by Gasteiger charge is 2.31. The van der Waals surface area contributed by atoms with E-state index in [0.29, 0.717) is 5.56 Å². The first-order chi connectivity index (χ1) is 11.8. The normalized spacial score (nSPS) is 12.2. The Kier molecular flexibility index (Phi) is 4.25. The van der Waals surface area contributed by atoms with Crippen LogP contribution in [0.1, 0.15) is 12.5 Å². The standard InChI is InChI=1S/C15H10ClF3N4O2/c1-2-4-10-11(24)12(16)22-23-13(20-21-14(10)23)8-5-3-6-9(7-8)25-15(17,18)19/h2-7,24H,1H3/b4-2+. The third-order valence-electron chi connectivity index (χ3n) is 3.18. The van der Waals surface area contributed by atoms with E-state index in [1.54, 1.807) is 19.1 Å². The molecule has 0 aliphatic heterocycles. The molecule has 0 amide bonds. The van der Waals surface area contributed by atoms with Crippen LogP contribution in [0.5, 0.6) is 11.5 Å². The fourth-order valence-electron chi connectivity index (χ4n) is 2.23. The summed E-state index contributed by atoms with van der Waals surface area (Å²) >= 11 is 5.92. The topological polar surface area (TPSA) is 72.5 Å². The minimum absolute atomic E-state index is 0.148. The van der Waals surface area contributed by atoms with Gasteiger partial charge in [0.2, 0.25) is 0 Å². The van der Waals surface area contributed by atoms with Crippen molar-refractivity contribution >= 4 is 23.3 Å². The molecular formula is C15H10ClF3N4O2. The molecule has 0 bridgehead atoms. The molecule has 0 unspecified atom stereocenters. The number of hydrogen-bond donors (Lipinski definition) is 1. The second-order valence-electron chi connectivity index (χ2n) is 4.89. The molecule has 130 valence electrons. The molecule has 2 aromatic heterocycles. The van der Waals surface area contributed by atoms with Crippen LogP contribution in [0.15, 0.2) is 30.3 Å². The molecule has 3 rings (SSSR count). The smallest absolute Gasteiger partial charge is 0.504 e. The lowest BCUT2D eigenvalue weighted by Gasteiger charge is -2.09. The fourth-order valence-corrected chi connectivity index (χ4v) is 2.40. The molecule has 0 atom stereocenters. The number of alkyl halides is 3. The number of halogens is 4. The molecule has 0 fully saturated rings. The Balaban J connectivity index is 2.16. The lowest BCUT2D eigenvalue weighted by molar-refractivity contribution is -0.274. The molecule has 1 aromatic carbocycles. The van der Waals surface area contributed by atoms with Gasteiger partial charge in [0.1, 0.15) is 5.75 Å². The maximum absolute atomic E-state index is 12.4. The summed E-state index contributed by atoms with van der Waals surface area (Å²) in [4.78, 5) is 0. The summed E-state index contributed by atoms with van der Waals surface area (Å²) in [6, 6.07) is 5.23. The van der Waals surface area contributed by atoms with E-state index in [4.69, 9.17) is 11.6 Å². The van der Waals surface area contributed by atoms with Crippen LogP contribution in [0.25, 0.3) is 23.1 Å². The second-order valence-corrected chi connectivity index (χ2v) is 5.25. The molecule has 6 nitrogen and oxygen atoms in total. The van der Waals surface area contributed by atoms with Crippen LogP contribution in [0.4, 0.5) is 13.2 Å². The Morgan fingerprint density at radius 3 is 2.72 bits per heavy atom. The average molecular weight is 371 g/mol. The number of aromatic nitrogens is 4. The van der Waals surface area contributed by atoms with E-state index >= 15 is 0 Å². The molecule has 0 radical (unpaired) electrons. The van der Waals surface area contributed by atoms with Gasteiger partial charge in [0.15, 0.2) is 22.4 Å². The van der Waals surface area contributed by atoms with E-state index < -0.39 is 12.1 Å². The summed E-state index contributed by atoms with van der Waals surface area (Å²) in [5.74, 6) is -0.518. The van der Waals surface area contributed by atoms with Crippen molar-refractivity contribution in [3.63, 3.8) is 0 Å². The number of nitrogens with zero attached hydrogens (tertiary/aromatic N) is 4. The van der Waals surface area contributed by atoms with Crippen LogP contribution >= 0.6 is 11.6 Å². The lowest BCUT2D eigenvalue weighted by atomic mass is 10.2. The van der Waals surface area contributed by atoms with Crippen LogP contribution < -0.4 is 4.74 Å². The monoisotopic (exact) mass is 370 g/mol. The summed E-state index contributed by atoms with van der Waals surface area (Å²) in [7, 11) is 0. The average Bonchev–Trinajstić information content (AvgIpc) is 2.94. The number of hydrogen-bond acceptors (Lipinski definition) is 5. The summed E-state index contributed by atoms with van der Waals surface area (Å²) < 4.78 is 42.3. The highest BCUT2D eigenvalue weighted by molar-refractivity contribution is 6.31. The first-order valence-corrected chi connectivity index (χ1v) is 7.30. The van der Waals surface area contributed by atoms with Gasteiger partial charge in [0.25, 0.3) is 0 Å². The van der Waals surface area contributed by atoms with Gasteiger partial charge < -0.3 is 9.84 Å². The minimum atomic E-state index is -4.81. The summed E-state index contributed by atoms with van der Waals surface area (Å²) in [6.07, 6.45) is -1.57. The van der Waals surface area contributed by atoms with E-state index in [0.717, 1.165) is 12.1 Å². The van der Waals surface area contributed by atoms with Crippen molar-refractivity contribution in [2.45, 2.75) is 13.3 Å². The Morgan fingerprint density at radius 2 is 2.04 bits per heavy atom. The van der Waals surface area contributed by atoms with Crippen LogP contribution in [-0.2, 0) is 0 Å². The van der Waals surface area contributed by atoms with Crippen molar-refractivity contribution in [2.75, 3.05) is 0 Å². The Morgan fingerprint density at radius 1 is 1.28 bits per heavy atom. The SMILES string of the molecule is C/C=C/c1c(O)c(Cl)nn2c(-c3cccc(OC(F)(F)F)c3)nnc12. The maximum atomic E-state index is 12.4. The predicted octanol–water partition coefficient (Wildman–Crippen LogP) is 4.08. The molecule has 25 heavy (non-hydrogen) atoms. The number of rotatable bonds is 3. The van der Waals surface area contributed by atoms with Crippen LogP contribution in [0.2, 0.25) is 5.15 Å². The fraction of sp³-hybridized carbons (Fsp3) is 0.133. The lowest BCUT2D eigenvalue weighted by Crippen LogP contribution is -2.17. The summed E-state index contributed by atoms with van der Waals surface area (Å²) in [5, 5.41) is 21.7. The quantitative estimate of drug-likeness (QED) is 0.752. The van der Waals surface area contributed by atoms with Crippen molar-refractivity contribution in [3.05, 3.63) is 41.1 Å². The third kappa shape index (κ3) is 3.36. The zero-order chi connectivity index (χ0) is 18.2. The van der Waals surface area contributed by atoms with Crippen LogP contribution in [0, 0.1) is 0 Å². The van der Waals surface area contributed by atoms with Gasteiger partial charge in [-0.2, -0.15) is 4.52 Å². The highest BCUT2D eigenvalue weighted by Crippen LogP contribution is 2.32. The van der Waals surface area contributed by atoms with Gasteiger partial charge in [0.05, 0.1) is 5.56 Å². The van der Waals surface area contributed by atoms with Gasteiger partial charge in [-0.05, 0) is 19.1 Å². The molecule has 0 saturated carbocycles. The molecule has 0 saturated heterocycles. The van der Waals surface area contributed by atoms with Crippen molar-refractivity contribution in [1.29, 1.82) is 0 Å². The van der Waals surface area contributed by atoms with Gasteiger partial charge >= 0.3 is 6.36 Å². The van der Waals surface area contributed by atoms with E-state index in [9.17, 15) is 18.3 Å². The molecule has 10 heteroatoms. The van der Waals surface area contributed by atoms with Gasteiger partial charge in [-0.1, -0.05) is 35.9 Å². The Bertz CT molecular complexity index is 969. The number of allylic oxidation sites excluding steroid dienone is 1. The van der Waals surface area contributed by atoms with Gasteiger partial charge in [-0.25, -0.2) is 0 Å². The van der Waals surface area contributed by atoms with Crippen molar-refractivity contribution < 1.29 is 23.0 Å². The molecular weight excluding hydrogens is 361 g/mol. The van der Waals surface area contributed by atoms with E-state index in [2.05, 4.69) is 20.0 Å². The number of fused-ring (bicyclic) bond motifs is 1. The second kappa shape index (κ2) is 6.25. The van der Waals surface area contributed by atoms with Gasteiger partial charge in [-0.3, -0.25) is 0 Å². The van der Waals surface area contributed by atoms with E-state index in [1.165, 1.54) is 16.6 Å². The molecule has 0 spiro atoms. The minimum Gasteiger partial charge on any atom is -0.504 e. The zero-order valence-corrected chi connectivity index (χ0v) is 13.4. The van der Waals surface area contributed by atoms with Crippen molar-refractivity contribution in [3.8, 4) is 22.9 Å². The van der Waals surface area contributed by atoms with E-state index in [1.807, 2.05) is 0 Å². The molecule has 2 heterocycles. The first-order valence-electron chi connectivity index (χ1n) is 6.93. The molecule has 3 aromatic rings. The first kappa shape index (κ1) is 17.0. The largest absolute Gasteiger partial charge is 0.573 e. The van der Waals surface area contributed by atoms with Crippen molar-refractivity contribution in [1.82, 2.24) is 19.8 Å². The van der Waals surface area contributed by atoms with E-state index in [-0.39, 0.29) is 27.9 Å². The number of ether oxygens (including phenoxy) is 1. The molecule has 0 aliphatic rings. The highest BCUT2D eigenvalue weighted by atomic mass is 35.5. The summed E-state index contributed by atoms with van der Waals surface area (Å²) in [6.45, 7) is 1.74. The maximum Gasteiger partial charge on any atom is 0.573 e.